The molecule has 0 saturated carbocycles. The molecular weight excluding hydrogens is 182 g/mol. The quantitative estimate of drug-likeness (QED) is 0.585. The molecule has 0 aromatic heterocycles. The maximum Gasteiger partial charge on any atom is 0.315 e. The Bertz CT molecular complexity index is 239. The van der Waals surface area contributed by atoms with Crippen LogP contribution in [-0.2, 0) is 9.53 Å². The highest BCUT2D eigenvalue weighted by Crippen LogP contribution is 2.08. The van der Waals surface area contributed by atoms with Gasteiger partial charge in [0.1, 0.15) is 0 Å². The largest absolute Gasteiger partial charge is 0.360 e. The van der Waals surface area contributed by atoms with E-state index in [1.807, 2.05) is 0 Å². The Morgan fingerprint density at radius 2 is 2.38 bits per heavy atom. The monoisotopic (exact) mass is 190 g/mol. The van der Waals surface area contributed by atoms with Gasteiger partial charge in [0.05, 0.1) is 19.2 Å². The van der Waals surface area contributed by atoms with Crippen LogP contribution in [0, 0.1) is 11.3 Å². The molecule has 1 saturated heterocycles. The molecule has 0 N–H and O–H groups in total. The molecule has 1 fully saturated rings. The van der Waals surface area contributed by atoms with Crippen molar-refractivity contribution in [1.29, 1.82) is 5.26 Å². The maximum absolute atomic E-state index is 11.9. The minimum atomic E-state index is -3.00. The number of nitriles is 1. The summed E-state index contributed by atoms with van der Waals surface area (Å²) in [6.07, 6.45) is -3.78. The van der Waals surface area contributed by atoms with Gasteiger partial charge in [0.15, 0.2) is 6.10 Å². The smallest absolute Gasteiger partial charge is 0.315 e. The summed E-state index contributed by atoms with van der Waals surface area (Å²) in [7, 11) is 0. The van der Waals surface area contributed by atoms with E-state index in [9.17, 15) is 13.6 Å². The van der Waals surface area contributed by atoms with Gasteiger partial charge in [-0.25, -0.2) is 0 Å². The second-order valence-corrected chi connectivity index (χ2v) is 2.57. The minimum Gasteiger partial charge on any atom is -0.360 e. The molecule has 1 unspecified atom stereocenters. The molecule has 1 heterocycles. The molecule has 0 spiro atoms. The molecule has 0 aromatic rings. The molecular formula is C7H8F2N2O2. The first-order chi connectivity index (χ1) is 6.15. The molecule has 4 nitrogen and oxygen atoms in total. The van der Waals surface area contributed by atoms with E-state index < -0.39 is 18.4 Å². The summed E-state index contributed by atoms with van der Waals surface area (Å²) in [4.78, 5) is 11.7. The van der Waals surface area contributed by atoms with E-state index in [1.165, 1.54) is 0 Å². The number of ether oxygens (including phenoxy) is 1. The summed E-state index contributed by atoms with van der Waals surface area (Å²) >= 11 is 0. The van der Waals surface area contributed by atoms with Crippen molar-refractivity contribution in [3.8, 4) is 6.07 Å². The number of nitrogens with zero attached hydrogens (tertiary/aromatic N) is 2. The van der Waals surface area contributed by atoms with Crippen LogP contribution in [0.1, 0.15) is 0 Å². The third-order valence-corrected chi connectivity index (χ3v) is 1.71. The van der Waals surface area contributed by atoms with Crippen LogP contribution in [-0.4, -0.2) is 43.0 Å². The van der Waals surface area contributed by atoms with Crippen LogP contribution in [0.3, 0.4) is 0 Å². The van der Waals surface area contributed by atoms with Gasteiger partial charge < -0.3 is 9.64 Å². The standard InChI is InChI=1S/C7H8F2N2O2/c8-6(9)7(12)11-1-2-13-5(3-10)4-11/h5-6H,1-2,4H2. The first kappa shape index (κ1) is 9.86. The highest BCUT2D eigenvalue weighted by atomic mass is 19.3. The Hall–Kier alpha value is -1.22. The summed E-state index contributed by atoms with van der Waals surface area (Å²) in [5, 5.41) is 8.43. The van der Waals surface area contributed by atoms with Gasteiger partial charge in [0.25, 0.3) is 5.91 Å². The van der Waals surface area contributed by atoms with Gasteiger partial charge in [0, 0.05) is 6.54 Å². The predicted molar refractivity (Wildman–Crippen MR) is 37.9 cm³/mol. The van der Waals surface area contributed by atoms with Gasteiger partial charge in [-0.05, 0) is 0 Å². The van der Waals surface area contributed by atoms with Crippen molar-refractivity contribution in [3.63, 3.8) is 0 Å². The summed E-state index contributed by atoms with van der Waals surface area (Å²) in [6.45, 7) is 0.192. The van der Waals surface area contributed by atoms with Crippen LogP contribution in [0.25, 0.3) is 0 Å². The molecule has 6 heteroatoms. The number of morpholine rings is 1. The Labute approximate surface area is 73.7 Å². The zero-order valence-electron chi connectivity index (χ0n) is 6.74. The fourth-order valence-corrected chi connectivity index (χ4v) is 1.07. The molecule has 0 aliphatic carbocycles. The average Bonchev–Trinajstić information content (AvgIpc) is 2.16. The summed E-state index contributed by atoms with van der Waals surface area (Å²) in [6, 6.07) is 1.77. The van der Waals surface area contributed by atoms with Crippen molar-refractivity contribution in [2.24, 2.45) is 0 Å². The van der Waals surface area contributed by atoms with E-state index in [0.717, 1.165) is 4.90 Å². The number of alkyl halides is 2. The number of amides is 1. The van der Waals surface area contributed by atoms with Crippen LogP contribution in [0.5, 0.6) is 0 Å². The number of rotatable bonds is 1. The third kappa shape index (κ3) is 2.36. The Morgan fingerprint density at radius 1 is 1.69 bits per heavy atom. The zero-order valence-corrected chi connectivity index (χ0v) is 6.74. The fraction of sp³-hybridized carbons (Fsp3) is 0.714. The molecule has 0 aromatic carbocycles. The fourth-order valence-electron chi connectivity index (χ4n) is 1.07. The van der Waals surface area contributed by atoms with Gasteiger partial charge in [-0.3, -0.25) is 4.79 Å². The number of carbonyl (C=O) groups excluding carboxylic acids is 1. The van der Waals surface area contributed by atoms with E-state index in [2.05, 4.69) is 0 Å². The molecule has 1 rings (SSSR count). The maximum atomic E-state index is 11.9. The number of halogens is 2. The van der Waals surface area contributed by atoms with Crippen LogP contribution < -0.4 is 0 Å². The summed E-state index contributed by atoms with van der Waals surface area (Å²) in [5.74, 6) is -1.23. The molecule has 1 aliphatic rings. The van der Waals surface area contributed by atoms with Crippen LogP contribution in [0.15, 0.2) is 0 Å². The first-order valence-electron chi connectivity index (χ1n) is 3.73. The van der Waals surface area contributed by atoms with Crippen molar-refractivity contribution in [1.82, 2.24) is 4.90 Å². The van der Waals surface area contributed by atoms with E-state index in [1.54, 1.807) is 6.07 Å². The average molecular weight is 190 g/mol. The number of hydrogen-bond acceptors (Lipinski definition) is 3. The lowest BCUT2D eigenvalue weighted by Crippen LogP contribution is -2.47. The zero-order chi connectivity index (χ0) is 9.84. The van der Waals surface area contributed by atoms with Crippen molar-refractivity contribution in [3.05, 3.63) is 0 Å². The van der Waals surface area contributed by atoms with Crippen molar-refractivity contribution in [2.45, 2.75) is 12.5 Å². The van der Waals surface area contributed by atoms with E-state index in [0.29, 0.717) is 0 Å². The molecule has 1 aliphatic heterocycles. The lowest BCUT2D eigenvalue weighted by Gasteiger charge is -2.29. The summed E-state index contributed by atoms with van der Waals surface area (Å²) in [5.41, 5.74) is 0. The van der Waals surface area contributed by atoms with Crippen molar-refractivity contribution >= 4 is 5.91 Å². The van der Waals surface area contributed by atoms with Crippen LogP contribution >= 0.6 is 0 Å². The molecule has 1 amide bonds. The SMILES string of the molecule is N#CC1CN(C(=O)C(F)F)CCO1. The van der Waals surface area contributed by atoms with Gasteiger partial charge in [-0.2, -0.15) is 14.0 Å². The Balaban J connectivity index is 2.52. The Kier molecular flexibility index (Phi) is 3.14. The molecule has 0 radical (unpaired) electrons. The first-order valence-corrected chi connectivity index (χ1v) is 3.73. The minimum absolute atomic E-state index is 0.0698. The molecule has 13 heavy (non-hydrogen) atoms. The normalized spacial score (nSPS) is 22.9. The van der Waals surface area contributed by atoms with Crippen LogP contribution in [0.4, 0.5) is 8.78 Å². The molecule has 0 bridgehead atoms. The van der Waals surface area contributed by atoms with E-state index >= 15 is 0 Å². The van der Waals surface area contributed by atoms with Crippen molar-refractivity contribution in [2.75, 3.05) is 19.7 Å². The topological polar surface area (TPSA) is 53.3 Å². The lowest BCUT2D eigenvalue weighted by molar-refractivity contribution is -0.148. The number of hydrogen-bond donors (Lipinski definition) is 0. The van der Waals surface area contributed by atoms with Crippen LogP contribution in [0.2, 0.25) is 0 Å². The lowest BCUT2D eigenvalue weighted by atomic mass is 10.3. The van der Waals surface area contributed by atoms with E-state index in [4.69, 9.17) is 10.00 Å². The van der Waals surface area contributed by atoms with Gasteiger partial charge in [-0.1, -0.05) is 0 Å². The highest BCUT2D eigenvalue weighted by Gasteiger charge is 2.28. The van der Waals surface area contributed by atoms with Gasteiger partial charge >= 0.3 is 6.43 Å². The highest BCUT2D eigenvalue weighted by molar-refractivity contribution is 5.79. The summed E-state index contributed by atoms with van der Waals surface area (Å²) < 4.78 is 28.7. The Morgan fingerprint density at radius 3 is 2.92 bits per heavy atom. The molecule has 72 valence electrons. The second kappa shape index (κ2) is 4.14. The second-order valence-electron chi connectivity index (χ2n) is 2.57. The van der Waals surface area contributed by atoms with Gasteiger partial charge in [-0.15, -0.1) is 0 Å². The van der Waals surface area contributed by atoms with Gasteiger partial charge in [0.2, 0.25) is 0 Å². The van der Waals surface area contributed by atoms with Crippen molar-refractivity contribution < 1.29 is 18.3 Å². The third-order valence-electron chi connectivity index (χ3n) is 1.71. The molecule has 1 atom stereocenters. The predicted octanol–water partition coefficient (Wildman–Crippen LogP) is 0.00248. The number of carbonyl (C=O) groups is 1. The van der Waals surface area contributed by atoms with E-state index in [-0.39, 0.29) is 19.7 Å².